The molecule has 0 radical (unpaired) electrons. The van der Waals surface area contributed by atoms with E-state index < -0.39 is 12.1 Å². The van der Waals surface area contributed by atoms with Crippen LogP contribution in [0.4, 0.5) is 4.79 Å². The number of likely N-dealkylation sites (N-methyl/N-ethyl adjacent to an activating group) is 1. The van der Waals surface area contributed by atoms with Crippen LogP contribution in [0.15, 0.2) is 48.0 Å². The van der Waals surface area contributed by atoms with Crippen LogP contribution < -0.4 is 5.32 Å². The monoisotopic (exact) mass is 396 g/mol. The molecule has 8 heteroatoms. The van der Waals surface area contributed by atoms with Crippen LogP contribution in [0.5, 0.6) is 0 Å². The first-order valence-electron chi connectivity index (χ1n) is 8.96. The molecule has 2 aromatic heterocycles. The molecule has 7 nitrogen and oxygen atoms in total. The third-order valence-electron chi connectivity index (χ3n) is 4.90. The molecule has 1 atom stereocenters. The summed E-state index contributed by atoms with van der Waals surface area (Å²) in [7, 11) is 1.67. The largest absolute Gasteiger partial charge is 0.361 e. The Morgan fingerprint density at radius 1 is 1.21 bits per heavy atom. The summed E-state index contributed by atoms with van der Waals surface area (Å²) in [5, 5.41) is 5.67. The number of carbonyl (C=O) groups is 3. The lowest BCUT2D eigenvalue weighted by molar-refractivity contribution is -0.136. The molecular weight excluding hydrogens is 376 g/mol. The molecule has 3 heterocycles. The van der Waals surface area contributed by atoms with Crippen molar-refractivity contribution in [1.29, 1.82) is 0 Å². The second-order valence-electron chi connectivity index (χ2n) is 6.82. The van der Waals surface area contributed by atoms with Gasteiger partial charge in [-0.3, -0.25) is 14.5 Å². The molecule has 1 aliphatic heterocycles. The molecule has 2 N–H and O–H groups in total. The van der Waals surface area contributed by atoms with E-state index in [2.05, 4.69) is 10.3 Å². The topological polar surface area (TPSA) is 85.5 Å². The van der Waals surface area contributed by atoms with Gasteiger partial charge in [-0.1, -0.05) is 24.3 Å². The van der Waals surface area contributed by atoms with Gasteiger partial charge in [0.15, 0.2) is 0 Å². The fourth-order valence-electron chi connectivity index (χ4n) is 3.37. The standard InChI is InChI=1S/C20H20N4O3S/c1-23(11-14-5-4-8-28-14)18(25)12-24-19(26)17(22-20(24)27)9-13-10-21-16-7-3-2-6-15(13)16/h2-8,10,17,21H,9,11-12H2,1H3,(H,22,27). The van der Waals surface area contributed by atoms with Crippen LogP contribution in [0.3, 0.4) is 0 Å². The summed E-state index contributed by atoms with van der Waals surface area (Å²) in [5.74, 6) is -0.641. The number of carbonyl (C=O) groups excluding carboxylic acids is 3. The van der Waals surface area contributed by atoms with Crippen molar-refractivity contribution in [3.8, 4) is 0 Å². The highest BCUT2D eigenvalue weighted by atomic mass is 32.1. The Balaban J connectivity index is 1.41. The van der Waals surface area contributed by atoms with Crippen molar-refractivity contribution in [2.45, 2.75) is 19.0 Å². The number of imide groups is 1. The molecule has 4 amide bonds. The number of aromatic nitrogens is 1. The van der Waals surface area contributed by atoms with E-state index in [0.29, 0.717) is 13.0 Å². The maximum absolute atomic E-state index is 12.7. The molecule has 1 fully saturated rings. The van der Waals surface area contributed by atoms with Gasteiger partial charge in [0.05, 0.1) is 6.54 Å². The van der Waals surface area contributed by atoms with Gasteiger partial charge in [0.25, 0.3) is 5.91 Å². The van der Waals surface area contributed by atoms with Gasteiger partial charge in [-0.15, -0.1) is 11.3 Å². The molecule has 0 aliphatic carbocycles. The summed E-state index contributed by atoms with van der Waals surface area (Å²) in [6, 6.07) is 10.5. The molecular formula is C20H20N4O3S. The van der Waals surface area contributed by atoms with Crippen molar-refractivity contribution < 1.29 is 14.4 Å². The summed E-state index contributed by atoms with van der Waals surface area (Å²) in [6.45, 7) is 0.204. The Morgan fingerprint density at radius 3 is 2.82 bits per heavy atom. The van der Waals surface area contributed by atoms with Gasteiger partial charge >= 0.3 is 6.03 Å². The van der Waals surface area contributed by atoms with Crippen molar-refractivity contribution in [3.05, 3.63) is 58.4 Å². The second kappa shape index (κ2) is 7.47. The molecule has 1 saturated heterocycles. The van der Waals surface area contributed by atoms with Crippen LogP contribution in [-0.4, -0.2) is 52.3 Å². The van der Waals surface area contributed by atoms with Crippen LogP contribution in [-0.2, 0) is 22.6 Å². The average Bonchev–Trinajstić information content (AvgIpc) is 3.39. The molecule has 0 bridgehead atoms. The summed E-state index contributed by atoms with van der Waals surface area (Å²) >= 11 is 1.56. The van der Waals surface area contributed by atoms with Gasteiger partial charge in [-0.2, -0.15) is 0 Å². The smallest absolute Gasteiger partial charge is 0.325 e. The highest BCUT2D eigenvalue weighted by Crippen LogP contribution is 2.21. The van der Waals surface area contributed by atoms with Gasteiger partial charge in [0.2, 0.25) is 5.91 Å². The van der Waals surface area contributed by atoms with Crippen molar-refractivity contribution >= 4 is 40.1 Å². The van der Waals surface area contributed by atoms with E-state index in [4.69, 9.17) is 0 Å². The van der Waals surface area contributed by atoms with Gasteiger partial charge < -0.3 is 15.2 Å². The minimum Gasteiger partial charge on any atom is -0.361 e. The molecule has 1 unspecified atom stereocenters. The predicted octanol–water partition coefficient (Wildman–Crippen LogP) is 2.35. The quantitative estimate of drug-likeness (QED) is 0.627. The van der Waals surface area contributed by atoms with E-state index in [1.807, 2.05) is 48.0 Å². The Morgan fingerprint density at radius 2 is 2.04 bits per heavy atom. The van der Waals surface area contributed by atoms with Crippen LogP contribution in [0, 0.1) is 0 Å². The zero-order valence-corrected chi connectivity index (χ0v) is 16.2. The molecule has 0 saturated carbocycles. The molecule has 1 aromatic carbocycles. The molecule has 144 valence electrons. The lowest BCUT2D eigenvalue weighted by atomic mass is 10.1. The number of benzene rings is 1. The maximum Gasteiger partial charge on any atom is 0.325 e. The van der Waals surface area contributed by atoms with E-state index in [-0.39, 0.29) is 18.4 Å². The predicted molar refractivity (Wildman–Crippen MR) is 107 cm³/mol. The van der Waals surface area contributed by atoms with Gasteiger partial charge in [0, 0.05) is 35.4 Å². The molecule has 28 heavy (non-hydrogen) atoms. The normalized spacial score (nSPS) is 16.6. The molecule has 0 spiro atoms. The van der Waals surface area contributed by atoms with Crippen molar-refractivity contribution in [1.82, 2.24) is 20.1 Å². The van der Waals surface area contributed by atoms with Crippen LogP contribution in [0.2, 0.25) is 0 Å². The third-order valence-corrected chi connectivity index (χ3v) is 5.76. The minimum atomic E-state index is -0.665. The van der Waals surface area contributed by atoms with E-state index in [1.54, 1.807) is 18.4 Å². The van der Waals surface area contributed by atoms with Crippen LogP contribution in [0.25, 0.3) is 10.9 Å². The summed E-state index contributed by atoms with van der Waals surface area (Å²) < 4.78 is 0. The fourth-order valence-corrected chi connectivity index (χ4v) is 4.12. The number of hydrogen-bond acceptors (Lipinski definition) is 4. The molecule has 1 aliphatic rings. The highest BCUT2D eigenvalue weighted by molar-refractivity contribution is 7.09. The number of H-pyrrole nitrogens is 1. The van der Waals surface area contributed by atoms with Crippen LogP contribution in [0.1, 0.15) is 10.4 Å². The first kappa shape index (κ1) is 18.2. The first-order chi connectivity index (χ1) is 13.5. The number of amides is 4. The SMILES string of the molecule is CN(Cc1cccs1)C(=O)CN1C(=O)NC(Cc2c[nH]c3ccccc23)C1=O. The number of thiophene rings is 1. The number of para-hydroxylation sites is 1. The zero-order valence-electron chi connectivity index (χ0n) is 15.3. The number of nitrogens with one attached hydrogen (secondary N) is 2. The van der Waals surface area contributed by atoms with E-state index in [9.17, 15) is 14.4 Å². The Hall–Kier alpha value is -3.13. The molecule has 4 rings (SSSR count). The lowest BCUT2D eigenvalue weighted by Crippen LogP contribution is -2.41. The van der Waals surface area contributed by atoms with Crippen molar-refractivity contribution in [3.63, 3.8) is 0 Å². The van der Waals surface area contributed by atoms with E-state index >= 15 is 0 Å². The highest BCUT2D eigenvalue weighted by Gasteiger charge is 2.39. The lowest BCUT2D eigenvalue weighted by Gasteiger charge is -2.19. The second-order valence-corrected chi connectivity index (χ2v) is 7.85. The number of aromatic amines is 1. The van der Waals surface area contributed by atoms with Gasteiger partial charge in [-0.05, 0) is 23.1 Å². The van der Waals surface area contributed by atoms with Crippen LogP contribution >= 0.6 is 11.3 Å². The number of urea groups is 1. The summed E-state index contributed by atoms with van der Waals surface area (Å²) in [6.07, 6.45) is 2.23. The van der Waals surface area contributed by atoms with Gasteiger partial charge in [0.1, 0.15) is 12.6 Å². The van der Waals surface area contributed by atoms with E-state index in [0.717, 1.165) is 26.2 Å². The maximum atomic E-state index is 12.7. The summed E-state index contributed by atoms with van der Waals surface area (Å²) in [5.41, 5.74) is 1.94. The van der Waals surface area contributed by atoms with Crippen molar-refractivity contribution in [2.24, 2.45) is 0 Å². The van der Waals surface area contributed by atoms with E-state index in [1.165, 1.54) is 4.90 Å². The average molecular weight is 396 g/mol. The first-order valence-corrected chi connectivity index (χ1v) is 9.84. The summed E-state index contributed by atoms with van der Waals surface area (Å²) in [4.78, 5) is 44.2. The molecule has 3 aromatic rings. The number of nitrogens with zero attached hydrogens (tertiary/aromatic N) is 2. The Labute approximate surface area is 165 Å². The third kappa shape index (κ3) is 3.50. The number of fused-ring (bicyclic) bond motifs is 1. The van der Waals surface area contributed by atoms with Gasteiger partial charge in [-0.25, -0.2) is 4.79 Å². The number of rotatable bonds is 6. The minimum absolute atomic E-state index is 0.253. The zero-order chi connectivity index (χ0) is 19.7. The fraction of sp³-hybridized carbons (Fsp3) is 0.250. The number of hydrogen-bond donors (Lipinski definition) is 2. The Kier molecular flexibility index (Phi) is 4.87. The van der Waals surface area contributed by atoms with Crippen molar-refractivity contribution in [2.75, 3.05) is 13.6 Å². The Bertz CT molecular complexity index is 1030.